The molecule has 3 atom stereocenters. The van der Waals surface area contributed by atoms with Crippen LogP contribution in [0.1, 0.15) is 31.4 Å². The van der Waals surface area contributed by atoms with Gasteiger partial charge >= 0.3 is 6.03 Å². The van der Waals surface area contributed by atoms with E-state index in [0.29, 0.717) is 18.2 Å². The van der Waals surface area contributed by atoms with Crippen LogP contribution in [-0.4, -0.2) is 40.0 Å². The van der Waals surface area contributed by atoms with Gasteiger partial charge in [-0.2, -0.15) is 11.8 Å². The molecule has 3 heterocycles. The van der Waals surface area contributed by atoms with Crippen molar-refractivity contribution in [2.45, 2.75) is 49.6 Å². The van der Waals surface area contributed by atoms with Crippen molar-refractivity contribution in [2.75, 3.05) is 5.75 Å². The molecule has 2 aliphatic heterocycles. The van der Waals surface area contributed by atoms with Crippen molar-refractivity contribution in [2.24, 2.45) is 0 Å². The third kappa shape index (κ3) is 4.37. The third-order valence-corrected chi connectivity index (χ3v) is 5.78. The molecule has 3 amide bonds. The first-order chi connectivity index (χ1) is 11.2. The van der Waals surface area contributed by atoms with E-state index in [0.717, 1.165) is 30.7 Å². The van der Waals surface area contributed by atoms with Crippen molar-refractivity contribution in [3.63, 3.8) is 0 Å². The number of aromatic nitrogens is 1. The molecule has 2 aliphatic rings. The molecule has 0 spiro atoms. The van der Waals surface area contributed by atoms with Crippen molar-refractivity contribution in [3.05, 3.63) is 30.1 Å². The van der Waals surface area contributed by atoms with E-state index in [2.05, 4.69) is 20.9 Å². The fourth-order valence-corrected chi connectivity index (χ4v) is 4.60. The Morgan fingerprint density at radius 1 is 1.35 bits per heavy atom. The Morgan fingerprint density at radius 2 is 2.26 bits per heavy atom. The standard InChI is InChI=1S/C16H22N4O2S/c21-14(18-9-11-5-3-4-8-17-11)7-2-1-6-13-15-12(10-23-13)19-16(22)20-15/h3-5,8,12-13,15H,1-2,6-7,9-10H2,(H,18,21)(H2,19,20,22). The van der Waals surface area contributed by atoms with E-state index in [4.69, 9.17) is 0 Å². The van der Waals surface area contributed by atoms with Gasteiger partial charge in [0.2, 0.25) is 5.91 Å². The van der Waals surface area contributed by atoms with Gasteiger partial charge < -0.3 is 16.0 Å². The van der Waals surface area contributed by atoms with E-state index in [-0.39, 0.29) is 24.0 Å². The van der Waals surface area contributed by atoms with Crippen molar-refractivity contribution in [3.8, 4) is 0 Å². The lowest BCUT2D eigenvalue weighted by Gasteiger charge is -2.16. The second kappa shape index (κ2) is 7.68. The minimum Gasteiger partial charge on any atom is -0.350 e. The van der Waals surface area contributed by atoms with Gasteiger partial charge in [-0.1, -0.05) is 12.5 Å². The van der Waals surface area contributed by atoms with Crippen LogP contribution in [0.2, 0.25) is 0 Å². The van der Waals surface area contributed by atoms with Crippen LogP contribution in [0.5, 0.6) is 0 Å². The van der Waals surface area contributed by atoms with Gasteiger partial charge in [0.1, 0.15) is 0 Å². The summed E-state index contributed by atoms with van der Waals surface area (Å²) in [5.41, 5.74) is 0.874. The Hall–Kier alpha value is -1.76. The molecule has 2 fully saturated rings. The molecule has 0 radical (unpaired) electrons. The summed E-state index contributed by atoms with van der Waals surface area (Å²) in [6.07, 6.45) is 5.20. The van der Waals surface area contributed by atoms with Crippen molar-refractivity contribution in [1.82, 2.24) is 20.9 Å². The van der Waals surface area contributed by atoms with Gasteiger partial charge in [0, 0.05) is 23.6 Å². The molecule has 3 rings (SSSR count). The van der Waals surface area contributed by atoms with E-state index in [1.165, 1.54) is 0 Å². The molecule has 7 heteroatoms. The number of rotatable bonds is 7. The molecule has 0 bridgehead atoms. The number of carbonyl (C=O) groups excluding carboxylic acids is 2. The van der Waals surface area contributed by atoms with E-state index in [1.54, 1.807) is 6.20 Å². The monoisotopic (exact) mass is 334 g/mol. The Bertz CT molecular complexity index is 554. The molecule has 1 aromatic heterocycles. The van der Waals surface area contributed by atoms with Crippen LogP contribution in [-0.2, 0) is 11.3 Å². The maximum absolute atomic E-state index is 11.8. The molecular weight excluding hydrogens is 312 g/mol. The first kappa shape index (κ1) is 16.1. The van der Waals surface area contributed by atoms with Crippen LogP contribution in [0.15, 0.2) is 24.4 Å². The molecule has 0 aromatic carbocycles. The minimum absolute atomic E-state index is 0.0424. The van der Waals surface area contributed by atoms with E-state index in [9.17, 15) is 9.59 Å². The van der Waals surface area contributed by atoms with Gasteiger partial charge in [0.25, 0.3) is 0 Å². The highest BCUT2D eigenvalue weighted by Crippen LogP contribution is 2.33. The van der Waals surface area contributed by atoms with Crippen LogP contribution < -0.4 is 16.0 Å². The number of pyridine rings is 1. The Kier molecular flexibility index (Phi) is 5.38. The van der Waals surface area contributed by atoms with E-state index in [1.807, 2.05) is 30.0 Å². The second-order valence-corrected chi connectivity index (χ2v) is 7.24. The Morgan fingerprint density at radius 3 is 3.09 bits per heavy atom. The van der Waals surface area contributed by atoms with Crippen molar-refractivity contribution < 1.29 is 9.59 Å². The first-order valence-corrected chi connectivity index (χ1v) is 9.12. The zero-order valence-corrected chi connectivity index (χ0v) is 13.8. The zero-order chi connectivity index (χ0) is 16.1. The van der Waals surface area contributed by atoms with Gasteiger partial charge in [-0.15, -0.1) is 0 Å². The SMILES string of the molecule is O=C(CCCCC1SCC2NC(=O)NC21)NCc1ccccn1. The lowest BCUT2D eigenvalue weighted by Crippen LogP contribution is -2.36. The number of thioether (sulfide) groups is 1. The Balaban J connectivity index is 1.29. The van der Waals surface area contributed by atoms with Gasteiger partial charge in [0.15, 0.2) is 0 Å². The van der Waals surface area contributed by atoms with E-state index < -0.39 is 0 Å². The Labute approximate surface area is 140 Å². The number of hydrogen-bond donors (Lipinski definition) is 3. The summed E-state index contributed by atoms with van der Waals surface area (Å²) >= 11 is 1.92. The van der Waals surface area contributed by atoms with Gasteiger partial charge in [-0.05, 0) is 25.0 Å². The number of nitrogens with zero attached hydrogens (tertiary/aromatic N) is 1. The fraction of sp³-hybridized carbons (Fsp3) is 0.562. The summed E-state index contributed by atoms with van der Waals surface area (Å²) in [6.45, 7) is 0.486. The molecule has 3 N–H and O–H groups in total. The predicted octanol–water partition coefficient (Wildman–Crippen LogP) is 1.42. The molecule has 2 saturated heterocycles. The largest absolute Gasteiger partial charge is 0.350 e. The number of unbranched alkanes of at least 4 members (excludes halogenated alkanes) is 1. The first-order valence-electron chi connectivity index (χ1n) is 8.07. The smallest absolute Gasteiger partial charge is 0.315 e. The topological polar surface area (TPSA) is 83.1 Å². The highest BCUT2D eigenvalue weighted by molar-refractivity contribution is 8.00. The molecule has 124 valence electrons. The lowest BCUT2D eigenvalue weighted by atomic mass is 10.0. The highest BCUT2D eigenvalue weighted by Gasteiger charge is 2.42. The molecule has 0 aliphatic carbocycles. The summed E-state index contributed by atoms with van der Waals surface area (Å²) in [6, 6.07) is 6.17. The minimum atomic E-state index is -0.0424. The maximum Gasteiger partial charge on any atom is 0.315 e. The van der Waals surface area contributed by atoms with Crippen LogP contribution >= 0.6 is 11.8 Å². The van der Waals surface area contributed by atoms with Gasteiger partial charge in [-0.3, -0.25) is 9.78 Å². The second-order valence-electron chi connectivity index (χ2n) is 5.97. The van der Waals surface area contributed by atoms with Gasteiger partial charge in [-0.25, -0.2) is 4.79 Å². The number of carbonyl (C=O) groups is 2. The summed E-state index contributed by atoms with van der Waals surface area (Å²) in [5, 5.41) is 9.31. The third-order valence-electron chi connectivity index (χ3n) is 4.27. The summed E-state index contributed by atoms with van der Waals surface area (Å²) in [4.78, 5) is 27.3. The average molecular weight is 334 g/mol. The highest BCUT2D eigenvalue weighted by atomic mass is 32.2. The van der Waals surface area contributed by atoms with Crippen molar-refractivity contribution >= 4 is 23.7 Å². The van der Waals surface area contributed by atoms with Crippen molar-refractivity contribution in [1.29, 1.82) is 0 Å². The van der Waals surface area contributed by atoms with Crippen LogP contribution in [0.25, 0.3) is 0 Å². The number of fused-ring (bicyclic) bond motifs is 1. The lowest BCUT2D eigenvalue weighted by molar-refractivity contribution is -0.121. The summed E-state index contributed by atoms with van der Waals surface area (Å²) in [5.74, 6) is 1.06. The summed E-state index contributed by atoms with van der Waals surface area (Å²) < 4.78 is 0. The van der Waals surface area contributed by atoms with E-state index >= 15 is 0 Å². The predicted molar refractivity (Wildman–Crippen MR) is 90.0 cm³/mol. The molecule has 23 heavy (non-hydrogen) atoms. The quantitative estimate of drug-likeness (QED) is 0.520. The van der Waals surface area contributed by atoms with Crippen LogP contribution in [0.3, 0.4) is 0 Å². The molecular formula is C16H22N4O2S. The number of amides is 3. The summed E-state index contributed by atoms with van der Waals surface area (Å²) in [7, 11) is 0. The fourth-order valence-electron chi connectivity index (χ4n) is 3.05. The number of nitrogens with one attached hydrogen (secondary N) is 3. The number of hydrogen-bond acceptors (Lipinski definition) is 4. The molecule has 1 aromatic rings. The molecule has 3 unspecified atom stereocenters. The normalized spacial score (nSPS) is 25.6. The average Bonchev–Trinajstić information content (AvgIpc) is 3.10. The molecule has 6 nitrogen and oxygen atoms in total. The molecule has 0 saturated carbocycles. The van der Waals surface area contributed by atoms with Crippen LogP contribution in [0.4, 0.5) is 4.79 Å². The zero-order valence-electron chi connectivity index (χ0n) is 13.0. The van der Waals surface area contributed by atoms with Gasteiger partial charge in [0.05, 0.1) is 24.3 Å². The maximum atomic E-state index is 11.8. The van der Waals surface area contributed by atoms with Crippen LogP contribution in [0, 0.1) is 0 Å². The number of urea groups is 1.